The standard InChI is InChI=1S/C21H19BrN2O3S/c22-18-4-2-1-3-16(18)14-24-20(25)19(28-21(24)26)13-15-5-7-17(8-6-15)23-9-11-27-12-10-23/h1-8,13H,9-12,14H2/b19-13-. The Kier molecular flexibility index (Phi) is 5.85. The number of amides is 2. The number of hydrogen-bond acceptors (Lipinski definition) is 5. The minimum absolute atomic E-state index is 0.239. The van der Waals surface area contributed by atoms with Crippen LogP contribution in [0.25, 0.3) is 6.08 Å². The van der Waals surface area contributed by atoms with E-state index in [9.17, 15) is 9.59 Å². The molecule has 0 radical (unpaired) electrons. The van der Waals surface area contributed by atoms with Crippen LogP contribution in [0.5, 0.6) is 0 Å². The molecule has 2 aliphatic heterocycles. The van der Waals surface area contributed by atoms with Gasteiger partial charge in [0.05, 0.1) is 24.7 Å². The molecule has 144 valence electrons. The molecule has 2 amide bonds. The van der Waals surface area contributed by atoms with Crippen molar-refractivity contribution in [3.05, 3.63) is 69.0 Å². The van der Waals surface area contributed by atoms with E-state index in [0.29, 0.717) is 4.91 Å². The number of morpholine rings is 1. The second kappa shape index (κ2) is 8.51. The minimum atomic E-state index is -0.247. The molecule has 0 atom stereocenters. The molecular weight excluding hydrogens is 440 g/mol. The van der Waals surface area contributed by atoms with Crippen molar-refractivity contribution in [2.45, 2.75) is 6.54 Å². The van der Waals surface area contributed by atoms with Gasteiger partial charge >= 0.3 is 0 Å². The molecule has 4 rings (SSSR count). The SMILES string of the molecule is O=C1S/C(=C\c2ccc(N3CCOCC3)cc2)C(=O)N1Cc1ccccc1Br. The predicted molar refractivity (Wildman–Crippen MR) is 115 cm³/mol. The fourth-order valence-electron chi connectivity index (χ4n) is 3.19. The van der Waals surface area contributed by atoms with Crippen molar-refractivity contribution in [1.82, 2.24) is 4.90 Å². The summed E-state index contributed by atoms with van der Waals surface area (Å²) < 4.78 is 6.27. The summed E-state index contributed by atoms with van der Waals surface area (Å²) in [5.74, 6) is -0.247. The monoisotopic (exact) mass is 458 g/mol. The van der Waals surface area contributed by atoms with Gasteiger partial charge in [0.25, 0.3) is 11.1 Å². The van der Waals surface area contributed by atoms with Gasteiger partial charge in [-0.2, -0.15) is 0 Å². The lowest BCUT2D eigenvalue weighted by atomic mass is 10.1. The average molecular weight is 459 g/mol. The van der Waals surface area contributed by atoms with Crippen molar-refractivity contribution < 1.29 is 14.3 Å². The Hall–Kier alpha value is -2.09. The third-order valence-electron chi connectivity index (χ3n) is 4.73. The number of thioether (sulfide) groups is 1. The van der Waals surface area contributed by atoms with Crippen LogP contribution in [0.15, 0.2) is 57.9 Å². The summed E-state index contributed by atoms with van der Waals surface area (Å²) in [6.07, 6.45) is 1.79. The van der Waals surface area contributed by atoms with Gasteiger partial charge in [-0.15, -0.1) is 0 Å². The molecule has 0 N–H and O–H groups in total. The van der Waals surface area contributed by atoms with Crippen LogP contribution in [-0.2, 0) is 16.1 Å². The van der Waals surface area contributed by atoms with Crippen LogP contribution in [0.4, 0.5) is 10.5 Å². The fourth-order valence-corrected chi connectivity index (χ4v) is 4.44. The second-order valence-electron chi connectivity index (χ2n) is 6.55. The van der Waals surface area contributed by atoms with E-state index in [1.807, 2.05) is 48.5 Å². The molecule has 2 fully saturated rings. The zero-order chi connectivity index (χ0) is 19.5. The summed E-state index contributed by atoms with van der Waals surface area (Å²) in [7, 11) is 0. The van der Waals surface area contributed by atoms with Gasteiger partial charge in [0.1, 0.15) is 0 Å². The summed E-state index contributed by atoms with van der Waals surface area (Å²) >= 11 is 4.46. The number of hydrogen-bond donors (Lipinski definition) is 0. The average Bonchev–Trinajstić information content (AvgIpc) is 2.98. The molecule has 2 heterocycles. The van der Waals surface area contributed by atoms with E-state index in [1.54, 1.807) is 6.08 Å². The zero-order valence-electron chi connectivity index (χ0n) is 15.1. The maximum atomic E-state index is 12.7. The highest BCUT2D eigenvalue weighted by Gasteiger charge is 2.35. The Morgan fingerprint density at radius 3 is 2.46 bits per heavy atom. The van der Waals surface area contributed by atoms with Crippen LogP contribution in [0, 0.1) is 0 Å². The number of ether oxygens (including phenoxy) is 1. The first kappa shape index (κ1) is 19.2. The third-order valence-corrected chi connectivity index (χ3v) is 6.41. The molecule has 2 aromatic carbocycles. The molecule has 0 aliphatic carbocycles. The van der Waals surface area contributed by atoms with Crippen molar-refractivity contribution in [2.75, 3.05) is 31.2 Å². The molecule has 28 heavy (non-hydrogen) atoms. The molecule has 0 unspecified atom stereocenters. The van der Waals surface area contributed by atoms with E-state index in [4.69, 9.17) is 4.74 Å². The van der Waals surface area contributed by atoms with E-state index >= 15 is 0 Å². The molecule has 0 bridgehead atoms. The van der Waals surface area contributed by atoms with Crippen molar-refractivity contribution in [3.63, 3.8) is 0 Å². The number of halogens is 1. The topological polar surface area (TPSA) is 49.9 Å². The first-order valence-corrected chi connectivity index (χ1v) is 10.6. The van der Waals surface area contributed by atoms with Crippen LogP contribution in [0.3, 0.4) is 0 Å². The van der Waals surface area contributed by atoms with Crippen LogP contribution < -0.4 is 4.90 Å². The van der Waals surface area contributed by atoms with Crippen molar-refractivity contribution in [2.24, 2.45) is 0 Å². The number of nitrogens with zero attached hydrogens (tertiary/aromatic N) is 2. The maximum Gasteiger partial charge on any atom is 0.293 e. The number of anilines is 1. The Bertz CT molecular complexity index is 924. The summed E-state index contributed by atoms with van der Waals surface area (Å²) in [4.78, 5) is 29.1. The summed E-state index contributed by atoms with van der Waals surface area (Å²) in [5.41, 5.74) is 2.95. The summed E-state index contributed by atoms with van der Waals surface area (Å²) in [6.45, 7) is 3.51. The van der Waals surface area contributed by atoms with Crippen LogP contribution >= 0.6 is 27.7 Å². The highest BCUT2D eigenvalue weighted by atomic mass is 79.9. The van der Waals surface area contributed by atoms with Crippen molar-refractivity contribution in [1.29, 1.82) is 0 Å². The highest BCUT2D eigenvalue weighted by Crippen LogP contribution is 2.34. The van der Waals surface area contributed by atoms with Crippen LogP contribution in [0.2, 0.25) is 0 Å². The van der Waals surface area contributed by atoms with Gasteiger partial charge in [-0.1, -0.05) is 46.3 Å². The maximum absolute atomic E-state index is 12.7. The van der Waals surface area contributed by atoms with E-state index < -0.39 is 0 Å². The van der Waals surface area contributed by atoms with Gasteiger partial charge in [-0.25, -0.2) is 0 Å². The Morgan fingerprint density at radius 1 is 1.04 bits per heavy atom. The molecule has 0 saturated carbocycles. The second-order valence-corrected chi connectivity index (χ2v) is 8.40. The lowest BCUT2D eigenvalue weighted by molar-refractivity contribution is -0.123. The molecule has 2 aliphatic rings. The van der Waals surface area contributed by atoms with Crippen LogP contribution in [-0.4, -0.2) is 42.3 Å². The normalized spacial score (nSPS) is 19.0. The minimum Gasteiger partial charge on any atom is -0.378 e. The summed E-state index contributed by atoms with van der Waals surface area (Å²) in [6, 6.07) is 15.7. The van der Waals surface area contributed by atoms with Gasteiger partial charge in [-0.3, -0.25) is 14.5 Å². The molecule has 0 aromatic heterocycles. The lowest BCUT2D eigenvalue weighted by Crippen LogP contribution is -2.36. The molecule has 2 saturated heterocycles. The first-order valence-electron chi connectivity index (χ1n) is 9.03. The quantitative estimate of drug-likeness (QED) is 0.630. The van der Waals surface area contributed by atoms with Gasteiger partial charge in [0.15, 0.2) is 0 Å². The fraction of sp³-hybridized carbons (Fsp3) is 0.238. The van der Waals surface area contributed by atoms with E-state index in [-0.39, 0.29) is 17.7 Å². The van der Waals surface area contributed by atoms with Gasteiger partial charge in [0, 0.05) is 23.2 Å². The molecule has 2 aromatic rings. The Morgan fingerprint density at radius 2 is 1.75 bits per heavy atom. The first-order chi connectivity index (χ1) is 13.6. The number of rotatable bonds is 4. The van der Waals surface area contributed by atoms with Gasteiger partial charge < -0.3 is 9.64 Å². The molecule has 0 spiro atoms. The smallest absolute Gasteiger partial charge is 0.293 e. The van der Waals surface area contributed by atoms with E-state index in [1.165, 1.54) is 4.90 Å². The molecule has 7 heteroatoms. The Balaban J connectivity index is 1.48. The predicted octanol–water partition coefficient (Wildman–Crippen LogP) is 4.52. The van der Waals surface area contributed by atoms with Gasteiger partial charge in [-0.05, 0) is 47.2 Å². The number of benzene rings is 2. The zero-order valence-corrected chi connectivity index (χ0v) is 17.5. The highest BCUT2D eigenvalue weighted by molar-refractivity contribution is 9.10. The largest absolute Gasteiger partial charge is 0.378 e. The molecular formula is C21H19BrN2O3S. The number of imide groups is 1. The van der Waals surface area contributed by atoms with Gasteiger partial charge in [0.2, 0.25) is 0 Å². The summed E-state index contributed by atoms with van der Waals surface area (Å²) in [5, 5.41) is -0.239. The van der Waals surface area contributed by atoms with E-state index in [0.717, 1.165) is 59.4 Å². The third kappa shape index (κ3) is 4.16. The van der Waals surface area contributed by atoms with Crippen molar-refractivity contribution in [3.8, 4) is 0 Å². The van der Waals surface area contributed by atoms with Crippen LogP contribution in [0.1, 0.15) is 11.1 Å². The Labute approximate surface area is 176 Å². The van der Waals surface area contributed by atoms with Crippen molar-refractivity contribution >= 4 is 50.6 Å². The number of carbonyl (C=O) groups is 2. The van der Waals surface area contributed by atoms with E-state index in [2.05, 4.69) is 20.8 Å². The lowest BCUT2D eigenvalue weighted by Gasteiger charge is -2.28. The molecule has 5 nitrogen and oxygen atoms in total. The number of carbonyl (C=O) groups excluding carboxylic acids is 2.